The lowest BCUT2D eigenvalue weighted by atomic mass is 9.99. The van der Waals surface area contributed by atoms with Gasteiger partial charge in [0.2, 0.25) is 0 Å². The van der Waals surface area contributed by atoms with E-state index in [1.54, 1.807) is 0 Å². The van der Waals surface area contributed by atoms with Gasteiger partial charge in [-0.2, -0.15) is 0 Å². The monoisotopic (exact) mass is 433 g/mol. The lowest BCUT2D eigenvalue weighted by Crippen LogP contribution is -1.90. The Bertz CT molecular complexity index is 677. The fourth-order valence-corrected chi connectivity index (χ4v) is 4.43. The molecule has 2 rings (SSSR count). The van der Waals surface area contributed by atoms with Crippen LogP contribution in [0, 0.1) is 6.42 Å². The Morgan fingerprint density at radius 2 is 0.938 bits per heavy atom. The molecular weight excluding hydrogens is 384 g/mol. The molecule has 0 atom stereocenters. The SMILES string of the molecule is CCCCCCc1ccc(CCCCCC[CH]CCCCc2ccc(C(C)C)cc2)cc1. The molecule has 2 aromatic rings. The number of rotatable bonds is 18. The van der Waals surface area contributed by atoms with Gasteiger partial charge < -0.3 is 0 Å². The maximum Gasteiger partial charge on any atom is -0.0219 e. The first-order valence-corrected chi connectivity index (χ1v) is 13.7. The molecule has 0 aliphatic carbocycles. The first-order chi connectivity index (χ1) is 15.7. The van der Waals surface area contributed by atoms with Crippen molar-refractivity contribution in [3.8, 4) is 0 Å². The van der Waals surface area contributed by atoms with Crippen molar-refractivity contribution in [2.45, 2.75) is 123 Å². The summed E-state index contributed by atoms with van der Waals surface area (Å²) in [6.07, 6.45) is 22.4. The average Bonchev–Trinajstić information content (AvgIpc) is 2.81. The molecule has 0 aliphatic rings. The van der Waals surface area contributed by atoms with E-state index in [-0.39, 0.29) is 0 Å². The first kappa shape index (κ1) is 26.7. The summed E-state index contributed by atoms with van der Waals surface area (Å²) >= 11 is 0. The molecule has 0 spiro atoms. The number of hydrogen-bond acceptors (Lipinski definition) is 0. The highest BCUT2D eigenvalue weighted by atomic mass is 14.1. The fraction of sp³-hybridized carbons (Fsp3) is 0.594. The molecule has 0 saturated carbocycles. The lowest BCUT2D eigenvalue weighted by molar-refractivity contribution is 0.619. The zero-order chi connectivity index (χ0) is 22.9. The zero-order valence-corrected chi connectivity index (χ0v) is 21.4. The fourth-order valence-electron chi connectivity index (χ4n) is 4.43. The van der Waals surface area contributed by atoms with Crippen molar-refractivity contribution in [3.63, 3.8) is 0 Å². The second-order valence-electron chi connectivity index (χ2n) is 10.0. The highest BCUT2D eigenvalue weighted by Gasteiger charge is 2.00. The second kappa shape index (κ2) is 17.0. The minimum atomic E-state index is 0.634. The number of unbranched alkanes of at least 4 members (excludes halogenated alkanes) is 11. The van der Waals surface area contributed by atoms with Gasteiger partial charge >= 0.3 is 0 Å². The molecule has 0 amide bonds. The number of hydrogen-bond donors (Lipinski definition) is 0. The molecule has 0 aromatic heterocycles. The van der Waals surface area contributed by atoms with Crippen molar-refractivity contribution < 1.29 is 0 Å². The third-order valence-electron chi connectivity index (χ3n) is 6.74. The molecule has 32 heavy (non-hydrogen) atoms. The van der Waals surface area contributed by atoms with E-state index in [4.69, 9.17) is 0 Å². The Kier molecular flexibility index (Phi) is 14.2. The molecule has 0 nitrogen and oxygen atoms in total. The minimum absolute atomic E-state index is 0.634. The Morgan fingerprint density at radius 1 is 0.531 bits per heavy atom. The van der Waals surface area contributed by atoms with Gasteiger partial charge in [0.15, 0.2) is 0 Å². The van der Waals surface area contributed by atoms with Crippen LogP contribution in [0.2, 0.25) is 0 Å². The summed E-state index contributed by atoms with van der Waals surface area (Å²) in [5, 5.41) is 0. The molecule has 0 heterocycles. The van der Waals surface area contributed by atoms with Crippen molar-refractivity contribution in [2.24, 2.45) is 0 Å². The molecular formula is C32H49. The van der Waals surface area contributed by atoms with Gasteiger partial charge in [-0.1, -0.05) is 127 Å². The Morgan fingerprint density at radius 3 is 1.44 bits per heavy atom. The third-order valence-corrected chi connectivity index (χ3v) is 6.74. The Labute approximate surface area is 200 Å². The molecule has 0 saturated heterocycles. The largest absolute Gasteiger partial charge is 0.0654 e. The first-order valence-electron chi connectivity index (χ1n) is 13.7. The summed E-state index contributed by atoms with van der Waals surface area (Å²) in [6.45, 7) is 6.81. The van der Waals surface area contributed by atoms with Crippen molar-refractivity contribution in [1.29, 1.82) is 0 Å². The molecule has 0 aliphatic heterocycles. The van der Waals surface area contributed by atoms with Crippen LogP contribution in [0.5, 0.6) is 0 Å². The van der Waals surface area contributed by atoms with E-state index in [1.807, 2.05) is 0 Å². The van der Waals surface area contributed by atoms with E-state index in [1.165, 1.54) is 119 Å². The van der Waals surface area contributed by atoms with Gasteiger partial charge in [-0.3, -0.25) is 0 Å². The summed E-state index contributed by atoms with van der Waals surface area (Å²) < 4.78 is 0. The van der Waals surface area contributed by atoms with Gasteiger partial charge in [-0.25, -0.2) is 0 Å². The third kappa shape index (κ3) is 11.9. The minimum Gasteiger partial charge on any atom is -0.0654 e. The quantitative estimate of drug-likeness (QED) is 0.205. The van der Waals surface area contributed by atoms with Crippen LogP contribution < -0.4 is 0 Å². The van der Waals surface area contributed by atoms with Crippen molar-refractivity contribution >= 4 is 0 Å². The number of benzene rings is 2. The summed E-state index contributed by atoms with van der Waals surface area (Å²) in [4.78, 5) is 0. The van der Waals surface area contributed by atoms with E-state index in [0.29, 0.717) is 5.92 Å². The van der Waals surface area contributed by atoms with Gasteiger partial charge in [0, 0.05) is 0 Å². The summed E-state index contributed by atoms with van der Waals surface area (Å²) in [5.41, 5.74) is 5.99. The number of aryl methyl sites for hydroxylation is 3. The highest BCUT2D eigenvalue weighted by Crippen LogP contribution is 2.17. The normalized spacial score (nSPS) is 11.4. The standard InChI is InChI=1S/C32H49/c1-4-5-6-14-17-29-20-22-30(23-21-29)18-15-12-10-8-7-9-11-13-16-19-31-24-26-32(27-25-31)28(2)3/h9,20-28H,4-8,10-19H2,1-3H3. The van der Waals surface area contributed by atoms with E-state index >= 15 is 0 Å². The smallest absolute Gasteiger partial charge is 0.0219 e. The summed E-state index contributed by atoms with van der Waals surface area (Å²) in [5.74, 6) is 0.634. The van der Waals surface area contributed by atoms with Crippen molar-refractivity contribution in [3.05, 3.63) is 77.2 Å². The van der Waals surface area contributed by atoms with Crippen LogP contribution in [0.15, 0.2) is 48.5 Å². The molecule has 2 aromatic carbocycles. The lowest BCUT2D eigenvalue weighted by Gasteiger charge is -2.07. The molecule has 1 radical (unpaired) electrons. The Hall–Kier alpha value is -1.56. The topological polar surface area (TPSA) is 0 Å². The average molecular weight is 434 g/mol. The van der Waals surface area contributed by atoms with Gasteiger partial charge in [0.1, 0.15) is 0 Å². The molecule has 0 N–H and O–H groups in total. The molecule has 0 fully saturated rings. The molecule has 177 valence electrons. The maximum atomic E-state index is 2.53. The highest BCUT2D eigenvalue weighted by molar-refractivity contribution is 5.25. The van der Waals surface area contributed by atoms with E-state index in [2.05, 4.69) is 75.7 Å². The molecule has 0 unspecified atom stereocenters. The second-order valence-corrected chi connectivity index (χ2v) is 10.0. The van der Waals surface area contributed by atoms with Gasteiger partial charge in [0.05, 0.1) is 0 Å². The summed E-state index contributed by atoms with van der Waals surface area (Å²) in [7, 11) is 0. The van der Waals surface area contributed by atoms with E-state index in [9.17, 15) is 0 Å². The van der Waals surface area contributed by atoms with E-state index in [0.717, 1.165) is 0 Å². The van der Waals surface area contributed by atoms with Crippen LogP contribution in [0.25, 0.3) is 0 Å². The maximum absolute atomic E-state index is 2.53. The van der Waals surface area contributed by atoms with Crippen LogP contribution >= 0.6 is 0 Å². The molecule has 0 heteroatoms. The van der Waals surface area contributed by atoms with Crippen LogP contribution in [0.4, 0.5) is 0 Å². The van der Waals surface area contributed by atoms with Crippen LogP contribution in [0.3, 0.4) is 0 Å². The van der Waals surface area contributed by atoms with Crippen molar-refractivity contribution in [1.82, 2.24) is 0 Å². The van der Waals surface area contributed by atoms with Crippen LogP contribution in [0.1, 0.15) is 126 Å². The van der Waals surface area contributed by atoms with E-state index < -0.39 is 0 Å². The van der Waals surface area contributed by atoms with Crippen LogP contribution in [-0.2, 0) is 19.3 Å². The molecule has 0 bridgehead atoms. The predicted molar refractivity (Wildman–Crippen MR) is 143 cm³/mol. The van der Waals surface area contributed by atoms with Gasteiger partial charge in [-0.15, -0.1) is 0 Å². The predicted octanol–water partition coefficient (Wildman–Crippen LogP) is 10.0. The summed E-state index contributed by atoms with van der Waals surface area (Å²) in [6, 6.07) is 18.7. The van der Waals surface area contributed by atoms with Gasteiger partial charge in [-0.05, 0) is 73.1 Å². The zero-order valence-electron chi connectivity index (χ0n) is 21.4. The van der Waals surface area contributed by atoms with Crippen molar-refractivity contribution in [2.75, 3.05) is 0 Å². The van der Waals surface area contributed by atoms with Gasteiger partial charge in [0.25, 0.3) is 0 Å². The Balaban J connectivity index is 1.40. The van der Waals surface area contributed by atoms with Crippen LogP contribution in [-0.4, -0.2) is 0 Å².